The van der Waals surface area contributed by atoms with Gasteiger partial charge in [0.2, 0.25) is 0 Å². The summed E-state index contributed by atoms with van der Waals surface area (Å²) in [6, 6.07) is 11.9. The van der Waals surface area contributed by atoms with Gasteiger partial charge in [0.15, 0.2) is 5.65 Å². The highest BCUT2D eigenvalue weighted by atomic mass is 15.4. The Hall–Kier alpha value is -2.47. The highest BCUT2D eigenvalue weighted by Gasteiger charge is 2.36. The van der Waals surface area contributed by atoms with Gasteiger partial charge in [-0.2, -0.15) is 5.10 Å². The molecule has 1 aliphatic rings. The van der Waals surface area contributed by atoms with Gasteiger partial charge in [-0.15, -0.1) is 0 Å². The number of fused-ring (bicyclic) bond motifs is 1. The first-order valence-corrected chi connectivity index (χ1v) is 9.25. The lowest BCUT2D eigenvalue weighted by molar-refractivity contribution is 0.0972. The van der Waals surface area contributed by atoms with Crippen molar-refractivity contribution in [2.45, 2.75) is 45.4 Å². The molecule has 1 aromatic carbocycles. The molecule has 4 rings (SSSR count). The Bertz CT molecular complexity index is 890. The Morgan fingerprint density at radius 1 is 1.04 bits per heavy atom. The topological polar surface area (TPSA) is 50.1 Å². The van der Waals surface area contributed by atoms with Crippen LogP contribution in [0.3, 0.4) is 0 Å². The van der Waals surface area contributed by atoms with Gasteiger partial charge in [-0.3, -0.25) is 9.58 Å². The molecule has 3 aromatic rings. The van der Waals surface area contributed by atoms with Gasteiger partial charge in [-0.05, 0) is 26.3 Å². The number of hydrogen-bond acceptors (Lipinski definition) is 5. The number of benzene rings is 1. The number of anilines is 1. The molecule has 136 valence electrons. The molecule has 2 aromatic heterocycles. The summed E-state index contributed by atoms with van der Waals surface area (Å²) < 4.78 is 1.81. The van der Waals surface area contributed by atoms with E-state index in [1.165, 1.54) is 5.56 Å². The second-order valence-corrected chi connectivity index (χ2v) is 7.34. The van der Waals surface area contributed by atoms with Crippen molar-refractivity contribution in [3.05, 3.63) is 48.4 Å². The number of aryl methyl sites for hydroxylation is 1. The second kappa shape index (κ2) is 6.68. The normalized spacial score (nSPS) is 24.3. The van der Waals surface area contributed by atoms with Crippen LogP contribution in [0.5, 0.6) is 0 Å². The van der Waals surface area contributed by atoms with Gasteiger partial charge >= 0.3 is 0 Å². The fraction of sp³-hybridized carbons (Fsp3) is 0.450. The van der Waals surface area contributed by atoms with Crippen LogP contribution < -0.4 is 4.90 Å². The second-order valence-electron chi connectivity index (χ2n) is 7.34. The van der Waals surface area contributed by atoms with Crippen LogP contribution in [0.4, 0.5) is 5.82 Å². The maximum Gasteiger partial charge on any atom is 0.163 e. The van der Waals surface area contributed by atoms with Crippen LogP contribution in [0.25, 0.3) is 11.0 Å². The third-order valence-electron chi connectivity index (χ3n) is 5.73. The maximum absolute atomic E-state index is 4.62. The van der Waals surface area contributed by atoms with Gasteiger partial charge in [0, 0.05) is 38.3 Å². The average Bonchev–Trinajstić information content (AvgIpc) is 3.04. The van der Waals surface area contributed by atoms with Crippen molar-refractivity contribution >= 4 is 16.9 Å². The zero-order valence-corrected chi connectivity index (χ0v) is 15.9. The number of aromatic nitrogens is 4. The molecule has 3 atom stereocenters. The van der Waals surface area contributed by atoms with Crippen molar-refractivity contribution < 1.29 is 0 Å². The van der Waals surface area contributed by atoms with Gasteiger partial charge in [-0.1, -0.05) is 30.3 Å². The van der Waals surface area contributed by atoms with Crippen LogP contribution >= 0.6 is 0 Å². The molecule has 0 spiro atoms. The predicted molar refractivity (Wildman–Crippen MR) is 104 cm³/mol. The summed E-state index contributed by atoms with van der Waals surface area (Å²) in [6.45, 7) is 8.84. The van der Waals surface area contributed by atoms with Gasteiger partial charge in [0.05, 0.1) is 11.6 Å². The zero-order chi connectivity index (χ0) is 18.3. The van der Waals surface area contributed by atoms with Crippen LogP contribution in [0, 0.1) is 0 Å². The highest BCUT2D eigenvalue weighted by Crippen LogP contribution is 2.31. The van der Waals surface area contributed by atoms with Crippen molar-refractivity contribution in [1.82, 2.24) is 24.6 Å². The Kier molecular flexibility index (Phi) is 4.36. The molecule has 3 unspecified atom stereocenters. The van der Waals surface area contributed by atoms with Crippen LogP contribution in [0.1, 0.15) is 26.3 Å². The van der Waals surface area contributed by atoms with E-state index in [1.807, 2.05) is 17.9 Å². The lowest BCUT2D eigenvalue weighted by Crippen LogP contribution is -2.61. The van der Waals surface area contributed by atoms with Crippen LogP contribution in [-0.2, 0) is 13.6 Å². The van der Waals surface area contributed by atoms with Crippen LogP contribution in [0.2, 0.25) is 0 Å². The Balaban J connectivity index is 1.62. The minimum atomic E-state index is 0.355. The summed E-state index contributed by atoms with van der Waals surface area (Å²) >= 11 is 0. The van der Waals surface area contributed by atoms with E-state index in [0.717, 1.165) is 29.9 Å². The molecule has 0 radical (unpaired) electrons. The van der Waals surface area contributed by atoms with E-state index in [-0.39, 0.29) is 0 Å². The van der Waals surface area contributed by atoms with Crippen molar-refractivity contribution in [2.75, 3.05) is 11.4 Å². The molecule has 1 aliphatic heterocycles. The lowest BCUT2D eigenvalue weighted by Gasteiger charge is -2.49. The minimum Gasteiger partial charge on any atom is -0.350 e. The van der Waals surface area contributed by atoms with Crippen molar-refractivity contribution in [2.24, 2.45) is 7.05 Å². The highest BCUT2D eigenvalue weighted by molar-refractivity contribution is 5.86. The average molecular weight is 350 g/mol. The molecule has 26 heavy (non-hydrogen) atoms. The van der Waals surface area contributed by atoms with Crippen LogP contribution in [0.15, 0.2) is 42.9 Å². The first-order valence-electron chi connectivity index (χ1n) is 9.25. The maximum atomic E-state index is 4.62. The fourth-order valence-electron chi connectivity index (χ4n) is 4.05. The van der Waals surface area contributed by atoms with Gasteiger partial charge in [-0.25, -0.2) is 9.97 Å². The molecule has 6 heteroatoms. The lowest BCUT2D eigenvalue weighted by atomic mass is 9.99. The van der Waals surface area contributed by atoms with Crippen molar-refractivity contribution in [3.63, 3.8) is 0 Å². The van der Waals surface area contributed by atoms with E-state index in [2.05, 4.69) is 76.0 Å². The number of nitrogens with zero attached hydrogens (tertiary/aromatic N) is 6. The number of rotatable bonds is 3. The summed E-state index contributed by atoms with van der Waals surface area (Å²) in [7, 11) is 1.92. The third kappa shape index (κ3) is 2.84. The summed E-state index contributed by atoms with van der Waals surface area (Å²) in [6.07, 6.45) is 3.53. The zero-order valence-electron chi connectivity index (χ0n) is 15.9. The summed E-state index contributed by atoms with van der Waals surface area (Å²) in [5.74, 6) is 0.994. The molecule has 1 fully saturated rings. The van der Waals surface area contributed by atoms with E-state index in [9.17, 15) is 0 Å². The predicted octanol–water partition coefficient (Wildman–Crippen LogP) is 2.85. The van der Waals surface area contributed by atoms with E-state index >= 15 is 0 Å². The Morgan fingerprint density at radius 2 is 1.81 bits per heavy atom. The minimum absolute atomic E-state index is 0.355. The molecule has 0 N–H and O–H groups in total. The number of piperazine rings is 1. The summed E-state index contributed by atoms with van der Waals surface area (Å²) in [5, 5.41) is 5.39. The Labute approximate surface area is 154 Å². The first kappa shape index (κ1) is 17.0. The monoisotopic (exact) mass is 350 g/mol. The molecule has 0 saturated carbocycles. The standard InChI is InChI=1S/C20H26N6/c1-14-11-26(20-18-10-23-24(4)19(18)21-13-22-20)16(3)15(2)25(14)12-17-8-6-5-7-9-17/h5-10,13-16H,11-12H2,1-4H3. The first-order chi connectivity index (χ1) is 12.6. The van der Waals surface area contributed by atoms with E-state index < -0.39 is 0 Å². The van der Waals surface area contributed by atoms with Gasteiger partial charge in [0.25, 0.3) is 0 Å². The molecule has 3 heterocycles. The largest absolute Gasteiger partial charge is 0.350 e. The van der Waals surface area contributed by atoms with Crippen molar-refractivity contribution in [1.29, 1.82) is 0 Å². The summed E-state index contributed by atoms with van der Waals surface area (Å²) in [4.78, 5) is 14.0. The molecule has 6 nitrogen and oxygen atoms in total. The van der Waals surface area contributed by atoms with E-state index in [1.54, 1.807) is 6.33 Å². The van der Waals surface area contributed by atoms with E-state index in [0.29, 0.717) is 18.1 Å². The smallest absolute Gasteiger partial charge is 0.163 e. The summed E-state index contributed by atoms with van der Waals surface area (Å²) in [5.41, 5.74) is 2.25. The molecular weight excluding hydrogens is 324 g/mol. The quantitative estimate of drug-likeness (QED) is 0.727. The molecular formula is C20H26N6. The SMILES string of the molecule is CC1C(C)N(Cc2ccccc2)C(C)CN1c1ncnc2c1cnn2C. The third-order valence-corrected chi connectivity index (χ3v) is 5.73. The van der Waals surface area contributed by atoms with Gasteiger partial charge < -0.3 is 4.90 Å². The molecule has 1 saturated heterocycles. The molecule has 0 aliphatic carbocycles. The Morgan fingerprint density at radius 3 is 2.58 bits per heavy atom. The molecule has 0 amide bonds. The molecule has 0 bridgehead atoms. The van der Waals surface area contributed by atoms with Crippen molar-refractivity contribution in [3.8, 4) is 0 Å². The number of hydrogen-bond donors (Lipinski definition) is 0. The van der Waals surface area contributed by atoms with Gasteiger partial charge in [0.1, 0.15) is 12.1 Å². The van der Waals surface area contributed by atoms with Crippen LogP contribution in [-0.4, -0.2) is 49.3 Å². The van der Waals surface area contributed by atoms with E-state index in [4.69, 9.17) is 0 Å². The fourth-order valence-corrected chi connectivity index (χ4v) is 4.05.